The molecular formula is C21H14ClF4N3O2. The third kappa shape index (κ3) is 5.37. The van der Waals surface area contributed by atoms with Crippen LogP contribution in [0, 0.1) is 12.7 Å². The summed E-state index contributed by atoms with van der Waals surface area (Å²) in [5.74, 6) is -1.89. The Bertz CT molecular complexity index is 1170. The first-order valence-corrected chi connectivity index (χ1v) is 9.15. The van der Waals surface area contributed by atoms with Crippen LogP contribution in [0.4, 0.5) is 28.9 Å². The summed E-state index contributed by atoms with van der Waals surface area (Å²) in [6.07, 6.45) is -4.62. The zero-order chi connectivity index (χ0) is 22.8. The van der Waals surface area contributed by atoms with Crippen molar-refractivity contribution in [2.45, 2.75) is 13.1 Å². The van der Waals surface area contributed by atoms with Gasteiger partial charge in [0.2, 0.25) is 0 Å². The van der Waals surface area contributed by atoms with E-state index in [1.54, 1.807) is 0 Å². The Morgan fingerprint density at radius 3 is 2.35 bits per heavy atom. The summed E-state index contributed by atoms with van der Waals surface area (Å²) in [7, 11) is 0. The summed E-state index contributed by atoms with van der Waals surface area (Å²) in [5, 5.41) is 5.20. The van der Waals surface area contributed by atoms with E-state index in [-0.39, 0.29) is 33.2 Å². The summed E-state index contributed by atoms with van der Waals surface area (Å²) in [5.41, 5.74) is -0.805. The first kappa shape index (κ1) is 22.2. The minimum Gasteiger partial charge on any atom is -0.322 e. The molecule has 5 nitrogen and oxygen atoms in total. The quantitative estimate of drug-likeness (QED) is 0.499. The zero-order valence-corrected chi connectivity index (χ0v) is 16.6. The van der Waals surface area contributed by atoms with Crippen LogP contribution in [-0.4, -0.2) is 16.8 Å². The lowest BCUT2D eigenvalue weighted by Gasteiger charge is -2.12. The maximum absolute atomic E-state index is 13.3. The van der Waals surface area contributed by atoms with Crippen molar-refractivity contribution in [1.29, 1.82) is 0 Å². The maximum atomic E-state index is 13.3. The van der Waals surface area contributed by atoms with Crippen molar-refractivity contribution < 1.29 is 27.2 Å². The number of aryl methyl sites for hydroxylation is 1. The monoisotopic (exact) mass is 451 g/mol. The van der Waals surface area contributed by atoms with Gasteiger partial charge in [0.15, 0.2) is 0 Å². The van der Waals surface area contributed by atoms with Crippen LogP contribution in [0.3, 0.4) is 0 Å². The average Bonchev–Trinajstić information content (AvgIpc) is 2.69. The van der Waals surface area contributed by atoms with Gasteiger partial charge >= 0.3 is 6.18 Å². The summed E-state index contributed by atoms with van der Waals surface area (Å²) in [4.78, 5) is 28.2. The molecule has 0 spiro atoms. The number of carbonyl (C=O) groups is 2. The van der Waals surface area contributed by atoms with E-state index in [1.165, 1.54) is 43.3 Å². The molecule has 0 saturated carbocycles. The molecule has 0 unspecified atom stereocenters. The lowest BCUT2D eigenvalue weighted by molar-refractivity contribution is -0.141. The average molecular weight is 452 g/mol. The SMILES string of the molecule is Cc1nc(C(F)(F)F)ccc1C(=O)Nc1ccc(Cl)c(NC(=O)c2cccc(F)c2)c1. The van der Waals surface area contributed by atoms with E-state index in [1.807, 2.05) is 0 Å². The van der Waals surface area contributed by atoms with Crippen LogP contribution in [0.2, 0.25) is 5.02 Å². The first-order valence-electron chi connectivity index (χ1n) is 8.77. The van der Waals surface area contributed by atoms with Crippen molar-refractivity contribution in [2.24, 2.45) is 0 Å². The van der Waals surface area contributed by atoms with E-state index in [0.717, 1.165) is 12.1 Å². The minimum absolute atomic E-state index is 0.0479. The number of benzene rings is 2. The highest BCUT2D eigenvalue weighted by Crippen LogP contribution is 2.29. The highest BCUT2D eigenvalue weighted by Gasteiger charge is 2.33. The zero-order valence-electron chi connectivity index (χ0n) is 15.8. The van der Waals surface area contributed by atoms with Crippen molar-refractivity contribution in [3.8, 4) is 0 Å². The standard InChI is InChI=1S/C21H14ClF4N3O2/c1-11-15(6-8-18(27-11)21(24,25)26)20(31)28-14-5-7-16(22)17(10-14)29-19(30)12-3-2-4-13(23)9-12/h2-10H,1H3,(H,28,31)(H,29,30). The van der Waals surface area contributed by atoms with E-state index >= 15 is 0 Å². The van der Waals surface area contributed by atoms with Gasteiger partial charge in [-0.05, 0) is 55.5 Å². The third-order valence-electron chi connectivity index (χ3n) is 4.18. The number of anilines is 2. The molecular weight excluding hydrogens is 438 g/mol. The molecule has 2 aromatic carbocycles. The molecule has 1 aromatic heterocycles. The fourth-order valence-corrected chi connectivity index (χ4v) is 2.85. The topological polar surface area (TPSA) is 71.1 Å². The number of nitrogens with zero attached hydrogens (tertiary/aromatic N) is 1. The van der Waals surface area contributed by atoms with Gasteiger partial charge in [-0.15, -0.1) is 0 Å². The van der Waals surface area contributed by atoms with Gasteiger partial charge in [-0.25, -0.2) is 9.37 Å². The fraction of sp³-hybridized carbons (Fsp3) is 0.0952. The Balaban J connectivity index is 1.79. The Hall–Kier alpha value is -3.46. The summed E-state index contributed by atoms with van der Waals surface area (Å²) in [6.45, 7) is 1.29. The van der Waals surface area contributed by atoms with E-state index in [9.17, 15) is 27.2 Å². The predicted molar refractivity (Wildman–Crippen MR) is 108 cm³/mol. The number of carbonyl (C=O) groups excluding carboxylic acids is 2. The maximum Gasteiger partial charge on any atom is 0.433 e. The van der Waals surface area contributed by atoms with Gasteiger partial charge in [0.1, 0.15) is 11.5 Å². The summed E-state index contributed by atoms with van der Waals surface area (Å²) >= 11 is 6.08. The molecule has 1 heterocycles. The second-order valence-electron chi connectivity index (χ2n) is 6.44. The summed E-state index contributed by atoms with van der Waals surface area (Å²) in [6, 6.07) is 11.0. The van der Waals surface area contributed by atoms with Crippen LogP contribution in [0.1, 0.15) is 32.1 Å². The highest BCUT2D eigenvalue weighted by molar-refractivity contribution is 6.34. The highest BCUT2D eigenvalue weighted by atomic mass is 35.5. The van der Waals surface area contributed by atoms with E-state index in [4.69, 9.17) is 11.6 Å². The molecule has 0 fully saturated rings. The van der Waals surface area contributed by atoms with E-state index in [0.29, 0.717) is 6.07 Å². The minimum atomic E-state index is -4.62. The van der Waals surface area contributed by atoms with Crippen LogP contribution in [0.5, 0.6) is 0 Å². The molecule has 0 aliphatic carbocycles. The van der Waals surface area contributed by atoms with Crippen LogP contribution in [0.25, 0.3) is 0 Å². The van der Waals surface area contributed by atoms with E-state index in [2.05, 4.69) is 15.6 Å². The molecule has 3 aromatic rings. The predicted octanol–water partition coefficient (Wildman–Crippen LogP) is 5.71. The van der Waals surface area contributed by atoms with Gasteiger partial charge in [-0.2, -0.15) is 13.2 Å². The Morgan fingerprint density at radius 2 is 1.71 bits per heavy atom. The Morgan fingerprint density at radius 1 is 0.968 bits per heavy atom. The number of rotatable bonds is 4. The molecule has 2 amide bonds. The normalized spacial score (nSPS) is 11.2. The van der Waals surface area contributed by atoms with Gasteiger partial charge in [0.25, 0.3) is 11.8 Å². The molecule has 0 bridgehead atoms. The van der Waals surface area contributed by atoms with Crippen LogP contribution in [0.15, 0.2) is 54.6 Å². The molecule has 3 rings (SSSR count). The van der Waals surface area contributed by atoms with Gasteiger partial charge < -0.3 is 10.6 Å². The number of hydrogen-bond acceptors (Lipinski definition) is 3. The third-order valence-corrected chi connectivity index (χ3v) is 4.51. The molecule has 31 heavy (non-hydrogen) atoms. The smallest absolute Gasteiger partial charge is 0.322 e. The van der Waals surface area contributed by atoms with Crippen LogP contribution < -0.4 is 10.6 Å². The number of hydrogen-bond donors (Lipinski definition) is 2. The lowest BCUT2D eigenvalue weighted by Crippen LogP contribution is -2.17. The molecule has 160 valence electrons. The molecule has 0 aliphatic heterocycles. The molecule has 10 heteroatoms. The lowest BCUT2D eigenvalue weighted by atomic mass is 10.1. The Kier molecular flexibility index (Phi) is 6.26. The number of alkyl halides is 3. The van der Waals surface area contributed by atoms with Gasteiger partial charge in [0.05, 0.1) is 22.0 Å². The van der Waals surface area contributed by atoms with Gasteiger partial charge in [-0.3, -0.25) is 9.59 Å². The van der Waals surface area contributed by atoms with Crippen molar-refractivity contribution in [2.75, 3.05) is 10.6 Å². The molecule has 0 atom stereocenters. The first-order chi connectivity index (χ1) is 14.5. The molecule has 0 saturated heterocycles. The Labute approximate surface area is 179 Å². The fourth-order valence-electron chi connectivity index (χ4n) is 2.68. The van der Waals surface area contributed by atoms with E-state index < -0.39 is 29.5 Å². The van der Waals surface area contributed by atoms with Crippen LogP contribution >= 0.6 is 11.6 Å². The van der Waals surface area contributed by atoms with Crippen molar-refractivity contribution in [3.05, 3.63) is 88.0 Å². The van der Waals surface area contributed by atoms with Gasteiger partial charge in [0, 0.05) is 11.3 Å². The number of pyridine rings is 1. The van der Waals surface area contributed by atoms with Crippen molar-refractivity contribution >= 4 is 34.8 Å². The van der Waals surface area contributed by atoms with Crippen LogP contribution in [-0.2, 0) is 6.18 Å². The number of aromatic nitrogens is 1. The molecule has 0 radical (unpaired) electrons. The number of nitrogens with one attached hydrogen (secondary N) is 2. The van der Waals surface area contributed by atoms with Crippen molar-refractivity contribution in [1.82, 2.24) is 4.98 Å². The largest absolute Gasteiger partial charge is 0.433 e. The number of halogens is 5. The second-order valence-corrected chi connectivity index (χ2v) is 6.85. The van der Waals surface area contributed by atoms with Gasteiger partial charge in [-0.1, -0.05) is 17.7 Å². The second kappa shape index (κ2) is 8.73. The molecule has 2 N–H and O–H groups in total. The molecule has 0 aliphatic rings. The summed E-state index contributed by atoms with van der Waals surface area (Å²) < 4.78 is 51.6. The number of amides is 2. The van der Waals surface area contributed by atoms with Crippen molar-refractivity contribution in [3.63, 3.8) is 0 Å².